The minimum Gasteiger partial charge on any atom is -0.294 e. The second-order valence-corrected chi connectivity index (χ2v) is 6.73. The van der Waals surface area contributed by atoms with E-state index in [1.165, 1.54) is 12.1 Å². The van der Waals surface area contributed by atoms with Crippen molar-refractivity contribution in [2.75, 3.05) is 0 Å². The third kappa shape index (κ3) is 2.79. The molecule has 0 unspecified atom stereocenters. The van der Waals surface area contributed by atoms with Crippen LogP contribution in [0.1, 0.15) is 34.0 Å². The Labute approximate surface area is 154 Å². The maximum Gasteiger partial charge on any atom is 0.252 e. The zero-order chi connectivity index (χ0) is 18.4. The molecule has 2 heterocycles. The van der Waals surface area contributed by atoms with Gasteiger partial charge in [-0.2, -0.15) is 4.98 Å². The second-order valence-electron chi connectivity index (χ2n) is 6.73. The lowest BCUT2D eigenvalue weighted by atomic mass is 9.82. The summed E-state index contributed by atoms with van der Waals surface area (Å²) < 4.78 is 14.8. The molecular formula is C21H15FN4O. The maximum absolute atomic E-state index is 13.2. The van der Waals surface area contributed by atoms with Gasteiger partial charge in [0.15, 0.2) is 11.6 Å². The highest BCUT2D eigenvalue weighted by molar-refractivity contribution is 5.98. The molecule has 0 saturated heterocycles. The summed E-state index contributed by atoms with van der Waals surface area (Å²) in [5, 5.41) is 4.46. The lowest BCUT2D eigenvalue weighted by Crippen LogP contribution is -2.21. The minimum atomic E-state index is -0.280. The summed E-state index contributed by atoms with van der Waals surface area (Å²) in [6.07, 6.45) is 2.73. The van der Waals surface area contributed by atoms with Crippen LogP contribution >= 0.6 is 0 Å². The molecule has 27 heavy (non-hydrogen) atoms. The molecule has 1 aliphatic rings. The zero-order valence-electron chi connectivity index (χ0n) is 14.3. The summed E-state index contributed by atoms with van der Waals surface area (Å²) in [4.78, 5) is 21.8. The third-order valence-electron chi connectivity index (χ3n) is 4.96. The van der Waals surface area contributed by atoms with Crippen LogP contribution in [0, 0.1) is 5.82 Å². The number of benzene rings is 2. The molecule has 0 fully saturated rings. The molecule has 0 spiro atoms. The van der Waals surface area contributed by atoms with Gasteiger partial charge in [0, 0.05) is 18.2 Å². The number of nitrogens with zero attached hydrogens (tertiary/aromatic N) is 4. The Morgan fingerprint density at radius 2 is 1.74 bits per heavy atom. The predicted octanol–water partition coefficient (Wildman–Crippen LogP) is 3.84. The van der Waals surface area contributed by atoms with Gasteiger partial charge in [-0.15, -0.1) is 5.10 Å². The number of hydrogen-bond acceptors (Lipinski definition) is 4. The van der Waals surface area contributed by atoms with E-state index in [-0.39, 0.29) is 17.5 Å². The Hall–Kier alpha value is -3.41. The highest BCUT2D eigenvalue weighted by Gasteiger charge is 2.28. The van der Waals surface area contributed by atoms with Crippen LogP contribution in [0.2, 0.25) is 0 Å². The molecular weight excluding hydrogens is 343 g/mol. The molecule has 5 nitrogen and oxygen atoms in total. The summed E-state index contributed by atoms with van der Waals surface area (Å²) in [6, 6.07) is 16.0. The topological polar surface area (TPSA) is 60.2 Å². The Morgan fingerprint density at radius 1 is 0.963 bits per heavy atom. The normalized spacial score (nSPS) is 16.5. The van der Waals surface area contributed by atoms with Crippen molar-refractivity contribution < 1.29 is 9.18 Å². The average molecular weight is 358 g/mol. The summed E-state index contributed by atoms with van der Waals surface area (Å²) in [5.74, 6) is 0.792. The van der Waals surface area contributed by atoms with Gasteiger partial charge in [-0.3, -0.25) is 4.79 Å². The first-order chi connectivity index (χ1) is 13.2. The Bertz CT molecular complexity index is 1150. The van der Waals surface area contributed by atoms with Crippen molar-refractivity contribution in [3.8, 4) is 11.4 Å². The van der Waals surface area contributed by atoms with E-state index < -0.39 is 0 Å². The molecule has 1 atom stereocenters. The number of rotatable bonds is 2. The van der Waals surface area contributed by atoms with Crippen molar-refractivity contribution in [1.29, 1.82) is 0 Å². The zero-order valence-corrected chi connectivity index (χ0v) is 14.3. The average Bonchev–Trinajstić information content (AvgIpc) is 3.11. The van der Waals surface area contributed by atoms with E-state index in [9.17, 15) is 9.18 Å². The van der Waals surface area contributed by atoms with Gasteiger partial charge in [-0.05, 0) is 30.0 Å². The number of fused-ring (bicyclic) bond motifs is 2. The molecule has 2 aromatic heterocycles. The third-order valence-corrected chi connectivity index (χ3v) is 4.96. The van der Waals surface area contributed by atoms with Crippen LogP contribution in [-0.2, 0) is 6.42 Å². The van der Waals surface area contributed by atoms with Gasteiger partial charge >= 0.3 is 0 Å². The molecule has 4 aromatic rings. The van der Waals surface area contributed by atoms with Crippen molar-refractivity contribution in [2.45, 2.75) is 18.8 Å². The minimum absolute atomic E-state index is 0.00272. The SMILES string of the molecule is O=C1C[C@H](c2ccc(F)cc2)Cc2nc3nc(-c4ccccc4)nn3cc21. The van der Waals surface area contributed by atoms with E-state index in [0.717, 1.165) is 16.8 Å². The van der Waals surface area contributed by atoms with Gasteiger partial charge in [0.25, 0.3) is 5.78 Å². The van der Waals surface area contributed by atoms with Gasteiger partial charge in [-0.25, -0.2) is 13.9 Å². The van der Waals surface area contributed by atoms with Crippen molar-refractivity contribution >= 4 is 11.6 Å². The molecule has 0 amide bonds. The van der Waals surface area contributed by atoms with Crippen LogP contribution in [0.25, 0.3) is 17.2 Å². The molecule has 0 aliphatic heterocycles. The summed E-state index contributed by atoms with van der Waals surface area (Å²) in [7, 11) is 0. The van der Waals surface area contributed by atoms with E-state index in [2.05, 4.69) is 15.1 Å². The number of halogens is 1. The standard InChI is InChI=1S/C21H15FN4O/c22-16-8-6-13(7-9-16)15-10-18-17(19(27)11-15)12-26-21(23-18)24-20(25-26)14-4-2-1-3-5-14/h1-9,12,15H,10-11H2/t15-/m1/s1. The fourth-order valence-corrected chi connectivity index (χ4v) is 3.56. The van der Waals surface area contributed by atoms with E-state index in [4.69, 9.17) is 0 Å². The Kier molecular flexibility index (Phi) is 3.57. The largest absolute Gasteiger partial charge is 0.294 e. The van der Waals surface area contributed by atoms with Crippen LogP contribution in [-0.4, -0.2) is 25.4 Å². The molecule has 0 saturated carbocycles. The van der Waals surface area contributed by atoms with E-state index in [0.29, 0.717) is 30.0 Å². The van der Waals surface area contributed by atoms with Crippen LogP contribution in [0.3, 0.4) is 0 Å². The van der Waals surface area contributed by atoms with Crippen molar-refractivity contribution in [1.82, 2.24) is 19.6 Å². The van der Waals surface area contributed by atoms with Gasteiger partial charge < -0.3 is 0 Å². The van der Waals surface area contributed by atoms with Gasteiger partial charge in [0.05, 0.1) is 11.3 Å². The smallest absolute Gasteiger partial charge is 0.252 e. The lowest BCUT2D eigenvalue weighted by Gasteiger charge is -2.23. The first kappa shape index (κ1) is 15.8. The number of carbonyl (C=O) groups excluding carboxylic acids is 1. The molecule has 0 bridgehead atoms. The summed E-state index contributed by atoms with van der Waals surface area (Å²) in [6.45, 7) is 0. The molecule has 0 radical (unpaired) electrons. The highest BCUT2D eigenvalue weighted by Crippen LogP contribution is 2.32. The van der Waals surface area contributed by atoms with E-state index in [1.54, 1.807) is 22.8 Å². The van der Waals surface area contributed by atoms with Gasteiger partial charge in [0.2, 0.25) is 0 Å². The Morgan fingerprint density at radius 3 is 2.52 bits per heavy atom. The lowest BCUT2D eigenvalue weighted by molar-refractivity contribution is 0.0962. The number of aromatic nitrogens is 4. The molecule has 0 N–H and O–H groups in total. The fraction of sp³-hybridized carbons (Fsp3) is 0.143. The quantitative estimate of drug-likeness (QED) is 0.546. The van der Waals surface area contributed by atoms with Crippen LogP contribution in [0.5, 0.6) is 0 Å². The monoisotopic (exact) mass is 358 g/mol. The van der Waals surface area contributed by atoms with Crippen LogP contribution in [0.4, 0.5) is 4.39 Å². The second kappa shape index (κ2) is 6.09. The Balaban J connectivity index is 1.55. The first-order valence-electron chi connectivity index (χ1n) is 8.78. The van der Waals surface area contributed by atoms with E-state index >= 15 is 0 Å². The fourth-order valence-electron chi connectivity index (χ4n) is 3.56. The van der Waals surface area contributed by atoms with Crippen molar-refractivity contribution in [3.05, 3.63) is 83.4 Å². The number of Topliss-reactive ketones (excluding diaryl/α,β-unsaturated/α-hetero) is 1. The molecule has 5 rings (SSSR count). The number of carbonyl (C=O) groups is 1. The molecule has 132 valence electrons. The highest BCUT2D eigenvalue weighted by atomic mass is 19.1. The summed E-state index contributed by atoms with van der Waals surface area (Å²) >= 11 is 0. The van der Waals surface area contributed by atoms with Crippen LogP contribution < -0.4 is 0 Å². The number of ketones is 1. The number of hydrogen-bond donors (Lipinski definition) is 0. The molecule has 6 heteroatoms. The summed E-state index contributed by atoms with van der Waals surface area (Å²) in [5.41, 5.74) is 3.16. The molecule has 2 aromatic carbocycles. The van der Waals surface area contributed by atoms with Gasteiger partial charge in [0.1, 0.15) is 5.82 Å². The molecule has 1 aliphatic carbocycles. The predicted molar refractivity (Wildman–Crippen MR) is 98.0 cm³/mol. The van der Waals surface area contributed by atoms with Crippen molar-refractivity contribution in [2.24, 2.45) is 0 Å². The maximum atomic E-state index is 13.2. The first-order valence-corrected chi connectivity index (χ1v) is 8.78. The van der Waals surface area contributed by atoms with E-state index in [1.807, 2.05) is 30.3 Å². The van der Waals surface area contributed by atoms with Crippen LogP contribution in [0.15, 0.2) is 60.8 Å². The van der Waals surface area contributed by atoms with Gasteiger partial charge in [-0.1, -0.05) is 42.5 Å². The van der Waals surface area contributed by atoms with Crippen molar-refractivity contribution in [3.63, 3.8) is 0 Å².